The molecule has 1 aromatic rings. The van der Waals surface area contributed by atoms with Gasteiger partial charge in [0.15, 0.2) is 0 Å². The van der Waals surface area contributed by atoms with Gasteiger partial charge in [-0.05, 0) is 42.5 Å². The maximum atomic E-state index is 3.15. The van der Waals surface area contributed by atoms with Gasteiger partial charge in [-0.1, -0.05) is 19.9 Å². The first-order valence-corrected chi connectivity index (χ1v) is 4.90. The van der Waals surface area contributed by atoms with Gasteiger partial charge in [-0.2, -0.15) is 0 Å². The summed E-state index contributed by atoms with van der Waals surface area (Å²) >= 11 is 0. The molecule has 0 aromatic heterocycles. The number of nitrogens with one attached hydrogen (secondary N) is 1. The molecular weight excluding hydrogens is 158 g/mol. The molecule has 0 amide bonds. The highest BCUT2D eigenvalue weighted by molar-refractivity contribution is 5.47. The topological polar surface area (TPSA) is 12.0 Å². The van der Waals surface area contributed by atoms with Gasteiger partial charge in [0.05, 0.1) is 0 Å². The number of rotatable bonds is 3. The van der Waals surface area contributed by atoms with Crippen molar-refractivity contribution in [3.8, 4) is 0 Å². The summed E-state index contributed by atoms with van der Waals surface area (Å²) in [6, 6.07) is 6.57. The third-order valence-corrected chi connectivity index (χ3v) is 2.26. The Morgan fingerprint density at radius 3 is 2.46 bits per heavy atom. The highest BCUT2D eigenvalue weighted by Gasteiger charge is 2.01. The van der Waals surface area contributed by atoms with Crippen molar-refractivity contribution >= 4 is 5.69 Å². The highest BCUT2D eigenvalue weighted by atomic mass is 14.8. The summed E-state index contributed by atoms with van der Waals surface area (Å²) in [5.41, 5.74) is 4.06. The lowest BCUT2D eigenvalue weighted by molar-refractivity contribution is 0.645. The predicted octanol–water partition coefficient (Wildman–Crippen LogP) is 3.24. The van der Waals surface area contributed by atoms with E-state index < -0.39 is 0 Å². The van der Waals surface area contributed by atoms with Crippen LogP contribution in [0.25, 0.3) is 0 Å². The Balaban J connectivity index is 2.85. The molecule has 0 fully saturated rings. The third kappa shape index (κ3) is 2.76. The zero-order valence-corrected chi connectivity index (χ0v) is 9.02. The van der Waals surface area contributed by atoms with Crippen LogP contribution in [0, 0.1) is 12.8 Å². The van der Waals surface area contributed by atoms with Gasteiger partial charge in [-0.25, -0.2) is 0 Å². The fourth-order valence-corrected chi connectivity index (χ4v) is 1.52. The standard InChI is InChI=1S/C12H19N/c1-9(2)7-11-5-6-12(13-4)8-10(11)3/h5-6,8-9,13H,7H2,1-4H3. The third-order valence-electron chi connectivity index (χ3n) is 2.26. The molecule has 0 saturated heterocycles. The van der Waals surface area contributed by atoms with Crippen LogP contribution in [0.15, 0.2) is 18.2 Å². The first kappa shape index (κ1) is 10.1. The number of benzene rings is 1. The molecule has 0 bridgehead atoms. The van der Waals surface area contributed by atoms with Crippen molar-refractivity contribution in [2.24, 2.45) is 5.92 Å². The van der Waals surface area contributed by atoms with E-state index in [4.69, 9.17) is 0 Å². The Morgan fingerprint density at radius 2 is 2.00 bits per heavy atom. The minimum atomic E-state index is 0.735. The van der Waals surface area contributed by atoms with Crippen LogP contribution in [0.2, 0.25) is 0 Å². The summed E-state index contributed by atoms with van der Waals surface area (Å²) in [6.07, 6.45) is 1.18. The van der Waals surface area contributed by atoms with Gasteiger partial charge in [0, 0.05) is 12.7 Å². The first-order chi connectivity index (χ1) is 6.13. The maximum Gasteiger partial charge on any atom is 0.0340 e. The van der Waals surface area contributed by atoms with Crippen molar-refractivity contribution in [3.05, 3.63) is 29.3 Å². The van der Waals surface area contributed by atoms with Crippen molar-refractivity contribution in [2.45, 2.75) is 27.2 Å². The van der Waals surface area contributed by atoms with Crippen molar-refractivity contribution in [1.29, 1.82) is 0 Å². The quantitative estimate of drug-likeness (QED) is 0.747. The second-order valence-electron chi connectivity index (χ2n) is 3.99. The SMILES string of the molecule is CNc1ccc(CC(C)C)c(C)c1. The van der Waals surface area contributed by atoms with Gasteiger partial charge in [-0.3, -0.25) is 0 Å². The smallest absolute Gasteiger partial charge is 0.0340 e. The Labute approximate surface area is 81.2 Å². The van der Waals surface area contributed by atoms with Gasteiger partial charge in [0.2, 0.25) is 0 Å². The van der Waals surface area contributed by atoms with Crippen LogP contribution in [0.1, 0.15) is 25.0 Å². The van der Waals surface area contributed by atoms with E-state index in [1.807, 2.05) is 7.05 Å². The maximum absolute atomic E-state index is 3.15. The Morgan fingerprint density at radius 1 is 1.31 bits per heavy atom. The molecular formula is C12H19N. The van der Waals surface area contributed by atoms with Crippen molar-refractivity contribution in [3.63, 3.8) is 0 Å². The van der Waals surface area contributed by atoms with Crippen LogP contribution < -0.4 is 5.32 Å². The second kappa shape index (κ2) is 4.31. The number of hydrogen-bond acceptors (Lipinski definition) is 1. The number of hydrogen-bond donors (Lipinski definition) is 1. The first-order valence-electron chi connectivity index (χ1n) is 4.90. The molecule has 0 aliphatic rings. The molecule has 0 heterocycles. The average molecular weight is 177 g/mol. The van der Waals surface area contributed by atoms with E-state index >= 15 is 0 Å². The molecule has 1 heteroatoms. The lowest BCUT2D eigenvalue weighted by atomic mass is 9.98. The molecule has 0 aliphatic heterocycles. The van der Waals surface area contributed by atoms with Crippen LogP contribution in [0.4, 0.5) is 5.69 Å². The van der Waals surface area contributed by atoms with Crippen LogP contribution in [0.3, 0.4) is 0 Å². The van der Waals surface area contributed by atoms with Crippen molar-refractivity contribution in [2.75, 3.05) is 12.4 Å². The molecule has 1 N–H and O–H groups in total. The van der Waals surface area contributed by atoms with E-state index in [1.54, 1.807) is 0 Å². The largest absolute Gasteiger partial charge is 0.388 e. The minimum absolute atomic E-state index is 0.735. The van der Waals surface area contributed by atoms with Crippen molar-refractivity contribution in [1.82, 2.24) is 0 Å². The van der Waals surface area contributed by atoms with E-state index in [2.05, 4.69) is 44.3 Å². The summed E-state index contributed by atoms with van der Waals surface area (Å²) in [6.45, 7) is 6.69. The Hall–Kier alpha value is -0.980. The molecule has 1 rings (SSSR count). The van der Waals surface area contributed by atoms with Crippen molar-refractivity contribution < 1.29 is 0 Å². The molecule has 0 unspecified atom stereocenters. The van der Waals surface area contributed by atoms with Gasteiger partial charge >= 0.3 is 0 Å². The normalized spacial score (nSPS) is 10.5. The predicted molar refractivity (Wildman–Crippen MR) is 59.3 cm³/mol. The fraction of sp³-hybridized carbons (Fsp3) is 0.500. The van der Waals surface area contributed by atoms with Gasteiger partial charge in [0.25, 0.3) is 0 Å². The fourth-order valence-electron chi connectivity index (χ4n) is 1.52. The Bertz CT molecular complexity index is 276. The van der Waals surface area contributed by atoms with E-state index in [-0.39, 0.29) is 0 Å². The van der Waals surface area contributed by atoms with E-state index in [1.165, 1.54) is 23.2 Å². The average Bonchev–Trinajstić information content (AvgIpc) is 2.08. The molecule has 1 aromatic carbocycles. The molecule has 0 saturated carbocycles. The van der Waals surface area contributed by atoms with E-state index in [0.717, 1.165) is 5.92 Å². The molecule has 1 nitrogen and oxygen atoms in total. The number of aryl methyl sites for hydroxylation is 1. The van der Waals surface area contributed by atoms with E-state index in [9.17, 15) is 0 Å². The van der Waals surface area contributed by atoms with Gasteiger partial charge in [-0.15, -0.1) is 0 Å². The summed E-state index contributed by atoms with van der Waals surface area (Å²) in [7, 11) is 1.96. The lowest BCUT2D eigenvalue weighted by Crippen LogP contribution is -1.98. The van der Waals surface area contributed by atoms with Crippen LogP contribution in [-0.4, -0.2) is 7.05 Å². The summed E-state index contributed by atoms with van der Waals surface area (Å²) in [4.78, 5) is 0. The monoisotopic (exact) mass is 177 g/mol. The Kier molecular flexibility index (Phi) is 3.35. The van der Waals surface area contributed by atoms with Crippen LogP contribution >= 0.6 is 0 Å². The molecule has 0 spiro atoms. The minimum Gasteiger partial charge on any atom is -0.388 e. The molecule has 0 radical (unpaired) electrons. The van der Waals surface area contributed by atoms with Gasteiger partial charge in [0.1, 0.15) is 0 Å². The zero-order chi connectivity index (χ0) is 9.84. The second-order valence-corrected chi connectivity index (χ2v) is 3.99. The summed E-state index contributed by atoms with van der Waals surface area (Å²) in [5, 5.41) is 3.15. The van der Waals surface area contributed by atoms with E-state index in [0.29, 0.717) is 0 Å². The van der Waals surface area contributed by atoms with Crippen LogP contribution in [0.5, 0.6) is 0 Å². The van der Waals surface area contributed by atoms with Gasteiger partial charge < -0.3 is 5.32 Å². The lowest BCUT2D eigenvalue weighted by Gasteiger charge is -2.10. The van der Waals surface area contributed by atoms with Crippen LogP contribution in [-0.2, 0) is 6.42 Å². The number of anilines is 1. The molecule has 72 valence electrons. The summed E-state index contributed by atoms with van der Waals surface area (Å²) < 4.78 is 0. The summed E-state index contributed by atoms with van der Waals surface area (Å²) in [5.74, 6) is 0.735. The molecule has 0 atom stereocenters. The molecule has 13 heavy (non-hydrogen) atoms. The zero-order valence-electron chi connectivity index (χ0n) is 9.02. The highest BCUT2D eigenvalue weighted by Crippen LogP contribution is 2.17. The molecule has 0 aliphatic carbocycles.